The van der Waals surface area contributed by atoms with Gasteiger partial charge < -0.3 is 14.8 Å². The summed E-state index contributed by atoms with van der Waals surface area (Å²) in [6, 6.07) is 7.92. The van der Waals surface area contributed by atoms with Gasteiger partial charge in [0.25, 0.3) is 0 Å². The first-order valence-electron chi connectivity index (χ1n) is 9.58. The van der Waals surface area contributed by atoms with Crippen molar-refractivity contribution in [2.75, 3.05) is 25.5 Å². The molecule has 1 spiro atoms. The quantitative estimate of drug-likeness (QED) is 0.371. The van der Waals surface area contributed by atoms with Gasteiger partial charge in [-0.25, -0.2) is 0 Å². The number of nitrogens with one attached hydrogen (secondary N) is 1. The number of anilines is 1. The Balaban J connectivity index is 1.71. The molecule has 4 heterocycles. The first-order chi connectivity index (χ1) is 13.0. The molecule has 0 aromatic heterocycles. The lowest BCUT2D eigenvalue weighted by molar-refractivity contribution is -0.162. The second-order valence-electron chi connectivity index (χ2n) is 8.60. The van der Waals surface area contributed by atoms with Crippen LogP contribution in [0.15, 0.2) is 36.9 Å². The number of hydrogen-bond donors (Lipinski definition) is 1. The van der Waals surface area contributed by atoms with E-state index in [0.717, 1.165) is 30.8 Å². The predicted molar refractivity (Wildman–Crippen MR) is 97.1 cm³/mol. The summed E-state index contributed by atoms with van der Waals surface area (Å²) in [5, 5.41) is 3.01. The van der Waals surface area contributed by atoms with Gasteiger partial charge in [0, 0.05) is 29.1 Å². The molecule has 1 saturated carbocycles. The van der Waals surface area contributed by atoms with Crippen LogP contribution >= 0.6 is 0 Å². The fourth-order valence-electron chi connectivity index (χ4n) is 7.12. The van der Waals surface area contributed by atoms with Crippen molar-refractivity contribution >= 4 is 17.6 Å². The number of carbonyl (C=O) groups is 2. The number of piperidine rings is 1. The lowest BCUT2D eigenvalue weighted by Gasteiger charge is -2.48. The molecule has 0 radical (unpaired) electrons. The summed E-state index contributed by atoms with van der Waals surface area (Å²) in [4.78, 5) is 29.3. The van der Waals surface area contributed by atoms with Gasteiger partial charge in [-0.1, -0.05) is 24.3 Å². The number of esters is 1. The number of fused-ring (bicyclic) bond motifs is 3. The molecule has 4 fully saturated rings. The van der Waals surface area contributed by atoms with Crippen LogP contribution in [0.3, 0.4) is 0 Å². The fraction of sp³-hybridized carbons (Fsp3) is 0.524. The number of carbonyl (C=O) groups excluding carboxylic acids is 2. The number of epoxide rings is 1. The van der Waals surface area contributed by atoms with Crippen LogP contribution in [0.1, 0.15) is 18.4 Å². The van der Waals surface area contributed by atoms with E-state index in [9.17, 15) is 9.59 Å². The number of hydrogen-bond acceptors (Lipinski definition) is 5. The molecular weight excluding hydrogens is 344 g/mol. The van der Waals surface area contributed by atoms with E-state index in [4.69, 9.17) is 9.47 Å². The second-order valence-corrected chi connectivity index (χ2v) is 8.60. The molecule has 27 heavy (non-hydrogen) atoms. The highest BCUT2D eigenvalue weighted by atomic mass is 16.6. The molecule has 5 aliphatic rings. The fourth-order valence-corrected chi connectivity index (χ4v) is 7.12. The molecule has 6 rings (SSSR count). The first kappa shape index (κ1) is 15.8. The molecule has 6 atom stereocenters. The van der Waals surface area contributed by atoms with Crippen LogP contribution in [-0.4, -0.2) is 55.2 Å². The van der Waals surface area contributed by atoms with Crippen molar-refractivity contribution in [1.82, 2.24) is 4.90 Å². The molecule has 0 bridgehead atoms. The van der Waals surface area contributed by atoms with E-state index in [0.29, 0.717) is 6.42 Å². The zero-order chi connectivity index (χ0) is 18.6. The number of nitrogens with zero attached hydrogens (tertiary/aromatic N) is 1. The highest BCUT2D eigenvalue weighted by molar-refractivity contribution is 6.14. The van der Waals surface area contributed by atoms with Crippen molar-refractivity contribution in [2.45, 2.75) is 36.5 Å². The normalized spacial score (nSPS) is 45.8. The minimum atomic E-state index is -1.26. The number of amides is 1. The Bertz CT molecular complexity index is 915. The summed E-state index contributed by atoms with van der Waals surface area (Å²) in [6.45, 7) is 5.85. The smallest absolute Gasteiger partial charge is 0.322 e. The molecule has 140 valence electrons. The molecule has 6 nitrogen and oxygen atoms in total. The number of rotatable bonds is 2. The van der Waals surface area contributed by atoms with E-state index in [2.05, 4.69) is 22.9 Å². The third kappa shape index (κ3) is 1.44. The Hall–Kier alpha value is -2.18. The molecule has 1 N–H and O–H groups in total. The summed E-state index contributed by atoms with van der Waals surface area (Å²) >= 11 is 0. The van der Waals surface area contributed by atoms with E-state index >= 15 is 0 Å². The molecule has 6 heteroatoms. The highest BCUT2D eigenvalue weighted by Crippen LogP contribution is 2.74. The summed E-state index contributed by atoms with van der Waals surface area (Å²) in [7, 11) is 1.38. The Labute approximate surface area is 157 Å². The van der Waals surface area contributed by atoms with E-state index in [-0.39, 0.29) is 24.2 Å². The standard InChI is InChI=1S/C21H22N2O4/c1-3-19-11-21(18(25)26-2)17(24)22-13-7-5-4-6-12(13)20(21)8-9-23(16(19)20)10-14-15(19)27-14/h3-7,14-16H,1,8-11H2,2H3,(H,22,24)/t14-,15-,16+,19-,20-,21-/m0/s1. The van der Waals surface area contributed by atoms with E-state index in [1.807, 2.05) is 24.3 Å². The van der Waals surface area contributed by atoms with E-state index in [1.54, 1.807) is 0 Å². The largest absolute Gasteiger partial charge is 0.468 e. The Kier molecular flexibility index (Phi) is 2.71. The van der Waals surface area contributed by atoms with Crippen molar-refractivity contribution in [1.29, 1.82) is 0 Å². The zero-order valence-corrected chi connectivity index (χ0v) is 15.2. The molecule has 0 unspecified atom stereocenters. The average Bonchev–Trinajstić information content (AvgIpc) is 3.29. The van der Waals surface area contributed by atoms with Gasteiger partial charge in [0.05, 0.1) is 19.3 Å². The number of methoxy groups -OCH3 is 1. The zero-order valence-electron chi connectivity index (χ0n) is 15.2. The van der Waals surface area contributed by atoms with Crippen LogP contribution in [-0.2, 0) is 24.5 Å². The van der Waals surface area contributed by atoms with Gasteiger partial charge in [-0.05, 0) is 31.0 Å². The number of benzene rings is 1. The molecule has 4 aliphatic heterocycles. The SMILES string of the molecule is C=C[C@]12C[C@@]3(C(=O)OC)C(=O)Nc4ccccc4[C@]34CCN(C[C@@H]3O[C@@H]31)[C@H]24. The highest BCUT2D eigenvalue weighted by Gasteiger charge is 2.84. The van der Waals surface area contributed by atoms with Gasteiger partial charge in [-0.2, -0.15) is 0 Å². The minimum absolute atomic E-state index is 0.0116. The van der Waals surface area contributed by atoms with Crippen LogP contribution in [0, 0.1) is 10.8 Å². The predicted octanol–water partition coefficient (Wildman–Crippen LogP) is 1.47. The summed E-state index contributed by atoms with van der Waals surface area (Å²) in [5.74, 6) is -0.688. The summed E-state index contributed by atoms with van der Waals surface area (Å²) in [5.41, 5.74) is -0.454. The van der Waals surface area contributed by atoms with Crippen molar-refractivity contribution in [2.24, 2.45) is 10.8 Å². The monoisotopic (exact) mass is 366 g/mol. The van der Waals surface area contributed by atoms with Crippen LogP contribution < -0.4 is 5.32 Å². The summed E-state index contributed by atoms with van der Waals surface area (Å²) in [6.07, 6.45) is 3.30. The van der Waals surface area contributed by atoms with Crippen molar-refractivity contribution in [3.8, 4) is 0 Å². The van der Waals surface area contributed by atoms with Crippen molar-refractivity contribution in [3.63, 3.8) is 0 Å². The molecular formula is C21H22N2O4. The Morgan fingerprint density at radius 1 is 1.44 bits per heavy atom. The van der Waals surface area contributed by atoms with Crippen molar-refractivity contribution in [3.05, 3.63) is 42.5 Å². The van der Waals surface area contributed by atoms with Gasteiger partial charge in [0.2, 0.25) is 5.91 Å². The lowest BCUT2D eigenvalue weighted by atomic mass is 9.57. The second kappa shape index (κ2) is 4.62. The first-order valence-corrected chi connectivity index (χ1v) is 9.58. The van der Waals surface area contributed by atoms with Gasteiger partial charge in [0.1, 0.15) is 0 Å². The van der Waals surface area contributed by atoms with Crippen LogP contribution in [0.25, 0.3) is 0 Å². The lowest BCUT2D eigenvalue weighted by Crippen LogP contribution is -2.62. The Morgan fingerprint density at radius 3 is 3.04 bits per heavy atom. The van der Waals surface area contributed by atoms with Crippen LogP contribution in [0.4, 0.5) is 5.69 Å². The maximum absolute atomic E-state index is 13.6. The van der Waals surface area contributed by atoms with E-state index in [1.165, 1.54) is 7.11 Å². The van der Waals surface area contributed by atoms with Gasteiger partial charge in [0.15, 0.2) is 5.41 Å². The average molecular weight is 366 g/mol. The maximum Gasteiger partial charge on any atom is 0.322 e. The Morgan fingerprint density at radius 2 is 2.26 bits per heavy atom. The van der Waals surface area contributed by atoms with Gasteiger partial charge >= 0.3 is 5.97 Å². The van der Waals surface area contributed by atoms with Crippen LogP contribution in [0.5, 0.6) is 0 Å². The molecule has 1 aliphatic carbocycles. The third-order valence-corrected chi connectivity index (χ3v) is 7.95. The molecule has 1 amide bonds. The molecule has 1 aromatic rings. The third-order valence-electron chi connectivity index (χ3n) is 7.95. The van der Waals surface area contributed by atoms with E-state index < -0.39 is 22.2 Å². The minimum Gasteiger partial charge on any atom is -0.468 e. The van der Waals surface area contributed by atoms with Gasteiger partial charge in [-0.15, -0.1) is 6.58 Å². The summed E-state index contributed by atoms with van der Waals surface area (Å²) < 4.78 is 11.3. The van der Waals surface area contributed by atoms with Gasteiger partial charge in [-0.3, -0.25) is 14.5 Å². The number of ether oxygens (including phenoxy) is 2. The topological polar surface area (TPSA) is 71.2 Å². The molecule has 1 aromatic carbocycles. The number of para-hydroxylation sites is 1. The maximum atomic E-state index is 13.6. The van der Waals surface area contributed by atoms with Crippen molar-refractivity contribution < 1.29 is 19.1 Å². The van der Waals surface area contributed by atoms with Crippen LogP contribution in [0.2, 0.25) is 0 Å². The molecule has 3 saturated heterocycles.